The maximum Gasteiger partial charge on any atom is 0.325 e. The molecule has 1 saturated heterocycles. The summed E-state index contributed by atoms with van der Waals surface area (Å²) in [7, 11) is 1.41. The van der Waals surface area contributed by atoms with Gasteiger partial charge in [0.25, 0.3) is 5.91 Å². The smallest absolute Gasteiger partial charge is 0.325 e. The third kappa shape index (κ3) is 6.34. The highest BCUT2D eigenvalue weighted by Gasteiger charge is 2.45. The number of halogens is 2. The lowest BCUT2D eigenvalue weighted by Crippen LogP contribution is -2.49. The van der Waals surface area contributed by atoms with Crippen LogP contribution in [-0.4, -0.2) is 48.4 Å². The summed E-state index contributed by atoms with van der Waals surface area (Å²) in [6.45, 7) is -0.106. The molecule has 1 aliphatic heterocycles. The van der Waals surface area contributed by atoms with Crippen molar-refractivity contribution in [3.8, 4) is 0 Å². The molecule has 5 amide bonds. The number of rotatable bonds is 9. The molecule has 4 rings (SSSR count). The highest BCUT2D eigenvalue weighted by Crippen LogP contribution is 2.27. The van der Waals surface area contributed by atoms with Crippen molar-refractivity contribution >= 4 is 57.7 Å². The van der Waals surface area contributed by atoms with Gasteiger partial charge in [-0.25, -0.2) is 14.1 Å². The van der Waals surface area contributed by atoms with E-state index in [1.165, 1.54) is 19.2 Å². The summed E-state index contributed by atoms with van der Waals surface area (Å²) in [6.07, 6.45) is 0.0367. The molecular formula is C27H24FIN4O5. The van der Waals surface area contributed by atoms with Crippen molar-refractivity contribution in [3.05, 3.63) is 93.3 Å². The molecule has 0 spiro atoms. The average molecular weight is 630 g/mol. The van der Waals surface area contributed by atoms with E-state index in [1.807, 2.05) is 28.7 Å². The van der Waals surface area contributed by atoms with E-state index >= 15 is 0 Å². The van der Waals surface area contributed by atoms with Gasteiger partial charge in [0, 0.05) is 22.8 Å². The number of ether oxygens (including phenoxy) is 1. The van der Waals surface area contributed by atoms with E-state index in [4.69, 9.17) is 4.74 Å². The van der Waals surface area contributed by atoms with Crippen LogP contribution in [0.15, 0.2) is 72.8 Å². The molecule has 1 fully saturated rings. The van der Waals surface area contributed by atoms with Crippen LogP contribution in [0.4, 0.5) is 20.6 Å². The van der Waals surface area contributed by atoms with Crippen LogP contribution in [0.1, 0.15) is 17.2 Å². The number of nitrogens with zero attached hydrogens (tertiary/aromatic N) is 1. The summed E-state index contributed by atoms with van der Waals surface area (Å²) >= 11 is 1.95. The van der Waals surface area contributed by atoms with Crippen LogP contribution in [-0.2, 0) is 25.5 Å². The van der Waals surface area contributed by atoms with Crippen LogP contribution in [0.2, 0.25) is 0 Å². The number of hydrogen-bond donors (Lipinski definition) is 3. The van der Waals surface area contributed by atoms with Gasteiger partial charge in [-0.3, -0.25) is 14.4 Å². The molecule has 1 aliphatic rings. The first kappa shape index (κ1) is 27.2. The standard InChI is InChI=1S/C27H24FIN4O5/c1-38-15-23(34)30-19-10-7-17(8-11-19)24-26(36)33(27(37)32-24)22(13-16-5-3-2-4-6-16)25(35)31-21-12-9-18(29)14-20(21)28/h2-12,14,22,24H,13,15H2,1H3,(H,30,34)(H,31,35)(H,32,37). The molecule has 2 unspecified atom stereocenters. The molecule has 0 aromatic heterocycles. The Morgan fingerprint density at radius 2 is 1.76 bits per heavy atom. The molecule has 0 bridgehead atoms. The van der Waals surface area contributed by atoms with Gasteiger partial charge >= 0.3 is 6.03 Å². The lowest BCUT2D eigenvalue weighted by Gasteiger charge is -2.25. The topological polar surface area (TPSA) is 117 Å². The number of carbonyl (C=O) groups excluding carboxylic acids is 4. The second-order valence-corrected chi connectivity index (χ2v) is 9.76. The molecule has 3 N–H and O–H groups in total. The molecular weight excluding hydrogens is 606 g/mol. The van der Waals surface area contributed by atoms with E-state index in [-0.39, 0.29) is 24.6 Å². The summed E-state index contributed by atoms with van der Waals surface area (Å²) in [5, 5.41) is 7.80. The Hall–Kier alpha value is -3.84. The van der Waals surface area contributed by atoms with E-state index in [2.05, 4.69) is 16.0 Å². The summed E-state index contributed by atoms with van der Waals surface area (Å²) in [5.74, 6) is -2.29. The minimum atomic E-state index is -1.24. The lowest BCUT2D eigenvalue weighted by atomic mass is 10.0. The number of benzene rings is 3. The molecule has 3 aromatic rings. The molecule has 196 valence electrons. The minimum absolute atomic E-state index is 0.0367. The van der Waals surface area contributed by atoms with Gasteiger partial charge in [0.2, 0.25) is 11.8 Å². The molecule has 3 aromatic carbocycles. The van der Waals surface area contributed by atoms with Gasteiger partial charge in [-0.15, -0.1) is 0 Å². The highest BCUT2D eigenvalue weighted by molar-refractivity contribution is 14.1. The van der Waals surface area contributed by atoms with Gasteiger partial charge in [0.1, 0.15) is 24.5 Å². The molecule has 1 heterocycles. The summed E-state index contributed by atoms with van der Waals surface area (Å²) in [5.41, 5.74) is 1.63. The Bertz CT molecular complexity index is 1350. The van der Waals surface area contributed by atoms with Gasteiger partial charge in [-0.2, -0.15) is 0 Å². The number of imide groups is 1. The maximum absolute atomic E-state index is 14.5. The van der Waals surface area contributed by atoms with Gasteiger partial charge in [-0.1, -0.05) is 42.5 Å². The summed E-state index contributed by atoms with van der Waals surface area (Å²) < 4.78 is 19.9. The molecule has 9 nitrogen and oxygen atoms in total. The van der Waals surface area contributed by atoms with Crippen molar-refractivity contribution in [1.29, 1.82) is 0 Å². The highest BCUT2D eigenvalue weighted by atomic mass is 127. The summed E-state index contributed by atoms with van der Waals surface area (Å²) in [4.78, 5) is 52.5. The van der Waals surface area contributed by atoms with Crippen LogP contribution in [0, 0.1) is 9.39 Å². The molecule has 11 heteroatoms. The van der Waals surface area contributed by atoms with E-state index in [1.54, 1.807) is 54.6 Å². The first-order chi connectivity index (χ1) is 18.3. The average Bonchev–Trinajstić information content (AvgIpc) is 3.19. The van der Waals surface area contributed by atoms with Crippen molar-refractivity contribution < 1.29 is 28.3 Å². The Kier molecular flexibility index (Phi) is 8.69. The van der Waals surface area contributed by atoms with Gasteiger partial charge in [0.05, 0.1) is 5.69 Å². The van der Waals surface area contributed by atoms with Crippen molar-refractivity contribution in [1.82, 2.24) is 10.2 Å². The molecule has 38 heavy (non-hydrogen) atoms. The van der Waals surface area contributed by atoms with Gasteiger partial charge in [0.15, 0.2) is 0 Å². The number of carbonyl (C=O) groups is 4. The molecule has 2 atom stereocenters. The van der Waals surface area contributed by atoms with Gasteiger partial charge in [-0.05, 0) is 64.0 Å². The SMILES string of the molecule is COCC(=O)Nc1ccc(C2NC(=O)N(C(Cc3ccccc3)C(=O)Nc3ccc(I)cc3F)C2=O)cc1. The largest absolute Gasteiger partial charge is 0.375 e. The predicted molar refractivity (Wildman–Crippen MR) is 147 cm³/mol. The predicted octanol–water partition coefficient (Wildman–Crippen LogP) is 3.86. The fourth-order valence-electron chi connectivity index (χ4n) is 4.05. The zero-order valence-electron chi connectivity index (χ0n) is 20.2. The first-order valence-corrected chi connectivity index (χ1v) is 12.7. The van der Waals surface area contributed by atoms with Crippen LogP contribution in [0.25, 0.3) is 0 Å². The zero-order valence-corrected chi connectivity index (χ0v) is 22.4. The van der Waals surface area contributed by atoms with Crippen molar-refractivity contribution in [3.63, 3.8) is 0 Å². The third-order valence-electron chi connectivity index (χ3n) is 5.85. The van der Waals surface area contributed by atoms with Crippen molar-refractivity contribution in [2.24, 2.45) is 0 Å². The lowest BCUT2D eigenvalue weighted by molar-refractivity contribution is -0.134. The monoisotopic (exact) mass is 630 g/mol. The number of urea groups is 1. The fourth-order valence-corrected chi connectivity index (χ4v) is 4.50. The second-order valence-electron chi connectivity index (χ2n) is 8.51. The first-order valence-electron chi connectivity index (χ1n) is 11.6. The van der Waals surface area contributed by atoms with Gasteiger partial charge < -0.3 is 20.7 Å². The number of hydrogen-bond acceptors (Lipinski definition) is 5. The molecule has 0 radical (unpaired) electrons. The second kappa shape index (κ2) is 12.1. The van der Waals surface area contributed by atoms with Crippen LogP contribution in [0.3, 0.4) is 0 Å². The quantitative estimate of drug-likeness (QED) is 0.246. The van der Waals surface area contributed by atoms with E-state index < -0.39 is 35.7 Å². The Morgan fingerprint density at radius 1 is 1.05 bits per heavy atom. The minimum Gasteiger partial charge on any atom is -0.375 e. The fraction of sp³-hybridized carbons (Fsp3) is 0.185. The molecule has 0 aliphatic carbocycles. The molecule has 0 saturated carbocycles. The zero-order chi connectivity index (χ0) is 27.2. The van der Waals surface area contributed by atoms with Crippen LogP contribution < -0.4 is 16.0 Å². The van der Waals surface area contributed by atoms with E-state index in [0.29, 0.717) is 14.8 Å². The number of methoxy groups -OCH3 is 1. The normalized spacial score (nSPS) is 15.7. The summed E-state index contributed by atoms with van der Waals surface area (Å²) in [6, 6.07) is 16.6. The van der Waals surface area contributed by atoms with E-state index in [9.17, 15) is 23.6 Å². The Labute approximate surface area is 231 Å². The number of anilines is 2. The Balaban J connectivity index is 1.58. The number of nitrogens with one attached hydrogen (secondary N) is 3. The van der Waals surface area contributed by atoms with Crippen molar-refractivity contribution in [2.75, 3.05) is 24.4 Å². The number of amides is 5. The third-order valence-corrected chi connectivity index (χ3v) is 6.52. The van der Waals surface area contributed by atoms with Crippen LogP contribution >= 0.6 is 22.6 Å². The Morgan fingerprint density at radius 3 is 2.42 bits per heavy atom. The van der Waals surface area contributed by atoms with E-state index in [0.717, 1.165) is 10.5 Å². The van der Waals surface area contributed by atoms with Crippen LogP contribution in [0.5, 0.6) is 0 Å². The maximum atomic E-state index is 14.5. The van der Waals surface area contributed by atoms with Crippen molar-refractivity contribution in [2.45, 2.75) is 18.5 Å².